The zero-order chi connectivity index (χ0) is 40.6. The van der Waals surface area contributed by atoms with E-state index in [4.69, 9.17) is 19.3 Å². The number of aliphatic hydroxyl groups excluding tert-OH is 3. The van der Waals surface area contributed by atoms with Gasteiger partial charge in [-0.15, -0.1) is 0 Å². The quantitative estimate of drug-likeness (QED) is 0.0178. The molecule has 0 heterocycles. The fourth-order valence-electron chi connectivity index (χ4n) is 6.97. The van der Waals surface area contributed by atoms with Crippen molar-refractivity contribution < 1.29 is 53.3 Å². The van der Waals surface area contributed by atoms with Crippen LogP contribution in [0.15, 0.2) is 36.5 Å². The van der Waals surface area contributed by atoms with Gasteiger partial charge in [-0.3, -0.25) is 14.1 Å². The summed E-state index contributed by atoms with van der Waals surface area (Å²) in [5.41, 5.74) is 0. The van der Waals surface area contributed by atoms with Crippen molar-refractivity contribution in [2.24, 2.45) is 11.8 Å². The minimum atomic E-state index is -4.82. The highest BCUT2D eigenvalue weighted by molar-refractivity contribution is 7.46. The smallest absolute Gasteiger partial charge is 0.462 e. The second kappa shape index (κ2) is 33.2. The zero-order valence-corrected chi connectivity index (χ0v) is 35.0. The van der Waals surface area contributed by atoms with E-state index in [1.165, 1.54) is 44.9 Å². The van der Waals surface area contributed by atoms with E-state index in [9.17, 15) is 29.5 Å². The summed E-state index contributed by atoms with van der Waals surface area (Å²) < 4.78 is 26.4. The molecule has 0 unspecified atom stereocenters. The number of hydrogen-bond donors (Lipinski definition) is 5. The molecule has 1 aliphatic carbocycles. The molecule has 0 bridgehead atoms. The molecule has 0 spiro atoms. The van der Waals surface area contributed by atoms with Gasteiger partial charge in [0.15, 0.2) is 6.10 Å². The van der Waals surface area contributed by atoms with E-state index in [0.29, 0.717) is 32.1 Å². The van der Waals surface area contributed by atoms with Crippen molar-refractivity contribution in [3.63, 3.8) is 0 Å². The normalized spacial score (nSPS) is 20.2. The lowest BCUT2D eigenvalue weighted by atomic mass is 9.88. The van der Waals surface area contributed by atoms with Crippen molar-refractivity contribution in [2.45, 2.75) is 199 Å². The standard InChI is InChI=1S/C43H77O11P/c1-3-5-7-8-9-10-11-12-13-14-15-16-17-18-19-20-25-29-42(47)52-34-37(35-53-55(49,50)51)54-43(48)30-26-22-21-24-28-38-39(41(46)33-40(38)45)32-31-36(44)27-23-6-4-2/h9-10,12-13,31-32,36-41,44-46H,3-8,11,14-30,33-35H2,1-2H3,(H2,49,50,51)/b10-9-,13-12-,32-31+/t36-,37+,38+,39+,40-,41+/m0/s1. The first-order valence-corrected chi connectivity index (χ1v) is 23.1. The SMILES string of the molecule is CCCCC/C=C\C/C=C\CCCCCCCCCC(=O)OC[C@H](COP(=O)(O)O)OC(=O)CCCCCC[C@@H]1[C@@H](/C=C/[C@@H](O)CCCCC)[C@H](O)C[C@@H]1O. The molecule has 6 atom stereocenters. The molecule has 1 saturated carbocycles. The van der Waals surface area contributed by atoms with Crippen molar-refractivity contribution >= 4 is 19.8 Å². The number of phosphoric acid groups is 1. The molecule has 55 heavy (non-hydrogen) atoms. The molecule has 1 aliphatic rings. The third kappa shape index (κ3) is 29.1. The summed E-state index contributed by atoms with van der Waals surface area (Å²) in [6.45, 7) is 3.38. The summed E-state index contributed by atoms with van der Waals surface area (Å²) in [5, 5.41) is 31.3. The second-order valence-corrected chi connectivity index (χ2v) is 16.5. The summed E-state index contributed by atoms with van der Waals surface area (Å²) in [5.74, 6) is -1.33. The number of carbonyl (C=O) groups is 2. The number of allylic oxidation sites excluding steroid dienone is 4. The topological polar surface area (TPSA) is 180 Å². The van der Waals surface area contributed by atoms with Crippen molar-refractivity contribution in [2.75, 3.05) is 13.2 Å². The van der Waals surface area contributed by atoms with E-state index in [0.717, 1.165) is 70.6 Å². The van der Waals surface area contributed by atoms with E-state index in [1.54, 1.807) is 6.08 Å². The predicted octanol–water partition coefficient (Wildman–Crippen LogP) is 9.34. The summed E-state index contributed by atoms with van der Waals surface area (Å²) in [6.07, 6.45) is 32.1. The molecule has 0 saturated heterocycles. The largest absolute Gasteiger partial charge is 0.469 e. The average Bonchev–Trinajstić information content (AvgIpc) is 3.41. The molecule has 5 N–H and O–H groups in total. The van der Waals surface area contributed by atoms with E-state index >= 15 is 0 Å². The first-order chi connectivity index (χ1) is 26.5. The Balaban J connectivity index is 2.25. The molecule has 0 radical (unpaired) electrons. The fourth-order valence-corrected chi connectivity index (χ4v) is 7.33. The monoisotopic (exact) mass is 801 g/mol. The number of aliphatic hydroxyl groups is 3. The van der Waals surface area contributed by atoms with E-state index in [-0.39, 0.29) is 31.3 Å². The molecule has 1 rings (SSSR count). The molecule has 0 aromatic heterocycles. The van der Waals surface area contributed by atoms with Crippen LogP contribution in [0.3, 0.4) is 0 Å². The summed E-state index contributed by atoms with van der Waals surface area (Å²) in [6, 6.07) is 0. The predicted molar refractivity (Wildman–Crippen MR) is 218 cm³/mol. The fraction of sp³-hybridized carbons (Fsp3) is 0.814. The van der Waals surface area contributed by atoms with Crippen LogP contribution < -0.4 is 0 Å². The number of hydrogen-bond acceptors (Lipinski definition) is 9. The van der Waals surface area contributed by atoms with Crippen LogP contribution in [-0.4, -0.2) is 74.7 Å². The van der Waals surface area contributed by atoms with Gasteiger partial charge in [0.25, 0.3) is 0 Å². The van der Waals surface area contributed by atoms with E-state index < -0.39 is 50.8 Å². The van der Waals surface area contributed by atoms with Crippen LogP contribution >= 0.6 is 7.82 Å². The first-order valence-electron chi connectivity index (χ1n) is 21.5. The van der Waals surface area contributed by atoms with Crippen molar-refractivity contribution in [3.8, 4) is 0 Å². The molecule has 0 aromatic rings. The van der Waals surface area contributed by atoms with Crippen molar-refractivity contribution in [3.05, 3.63) is 36.5 Å². The van der Waals surface area contributed by atoms with Gasteiger partial charge in [0.2, 0.25) is 0 Å². The second-order valence-electron chi connectivity index (χ2n) is 15.3. The van der Waals surface area contributed by atoms with Gasteiger partial charge < -0.3 is 34.6 Å². The third-order valence-electron chi connectivity index (χ3n) is 10.2. The maximum atomic E-state index is 12.5. The molecule has 0 amide bonds. The first kappa shape index (κ1) is 51.2. The lowest BCUT2D eigenvalue weighted by Crippen LogP contribution is -2.29. The van der Waals surface area contributed by atoms with Crippen LogP contribution in [0.25, 0.3) is 0 Å². The van der Waals surface area contributed by atoms with Gasteiger partial charge in [0, 0.05) is 25.2 Å². The summed E-state index contributed by atoms with van der Waals surface area (Å²) in [4.78, 5) is 43.1. The Bertz CT molecular complexity index is 1100. The maximum Gasteiger partial charge on any atom is 0.469 e. The maximum absolute atomic E-state index is 12.5. The highest BCUT2D eigenvalue weighted by atomic mass is 31.2. The van der Waals surface area contributed by atoms with Gasteiger partial charge in [-0.25, -0.2) is 4.57 Å². The minimum Gasteiger partial charge on any atom is -0.462 e. The Morgan fingerprint density at radius 3 is 1.91 bits per heavy atom. The number of rotatable bonds is 35. The minimum absolute atomic E-state index is 0.0833. The Hall–Kier alpha value is -1.85. The Labute approximate surface area is 332 Å². The lowest BCUT2D eigenvalue weighted by Gasteiger charge is -2.21. The highest BCUT2D eigenvalue weighted by Crippen LogP contribution is 2.38. The molecule has 11 nitrogen and oxygen atoms in total. The lowest BCUT2D eigenvalue weighted by molar-refractivity contribution is -0.161. The molecule has 0 aromatic carbocycles. The number of unbranched alkanes of at least 4 members (excludes halogenated alkanes) is 15. The van der Waals surface area contributed by atoms with Gasteiger partial charge in [0.1, 0.15) is 6.61 Å². The Kier molecular flexibility index (Phi) is 30.8. The van der Waals surface area contributed by atoms with E-state index in [2.05, 4.69) is 42.7 Å². The molecular weight excluding hydrogens is 723 g/mol. The van der Waals surface area contributed by atoms with Gasteiger partial charge in [-0.2, -0.15) is 0 Å². The zero-order valence-electron chi connectivity index (χ0n) is 34.2. The van der Waals surface area contributed by atoms with Gasteiger partial charge >= 0.3 is 19.8 Å². The van der Waals surface area contributed by atoms with Crippen LogP contribution in [0.4, 0.5) is 0 Å². The van der Waals surface area contributed by atoms with Crippen LogP contribution in [0.1, 0.15) is 174 Å². The molecule has 320 valence electrons. The summed E-state index contributed by atoms with van der Waals surface area (Å²) in [7, 11) is -4.82. The van der Waals surface area contributed by atoms with Crippen molar-refractivity contribution in [1.29, 1.82) is 0 Å². The number of carbonyl (C=O) groups excluding carboxylic acids is 2. The molecule has 0 aliphatic heterocycles. The Morgan fingerprint density at radius 2 is 1.27 bits per heavy atom. The van der Waals surface area contributed by atoms with Gasteiger partial charge in [0.05, 0.1) is 24.9 Å². The molecule has 1 fully saturated rings. The van der Waals surface area contributed by atoms with Crippen LogP contribution in [0.2, 0.25) is 0 Å². The van der Waals surface area contributed by atoms with Crippen LogP contribution in [-0.2, 0) is 28.2 Å². The van der Waals surface area contributed by atoms with Crippen LogP contribution in [0.5, 0.6) is 0 Å². The number of ether oxygens (including phenoxy) is 2. The highest BCUT2D eigenvalue weighted by Gasteiger charge is 2.39. The molecule has 12 heteroatoms. The Morgan fingerprint density at radius 1 is 0.709 bits per heavy atom. The average molecular weight is 801 g/mol. The summed E-state index contributed by atoms with van der Waals surface area (Å²) >= 11 is 0. The third-order valence-corrected chi connectivity index (χ3v) is 10.7. The van der Waals surface area contributed by atoms with Crippen molar-refractivity contribution in [1.82, 2.24) is 0 Å². The van der Waals surface area contributed by atoms with E-state index in [1.807, 2.05) is 6.08 Å². The number of esters is 2. The van der Waals surface area contributed by atoms with Crippen LogP contribution in [0, 0.1) is 11.8 Å². The van der Waals surface area contributed by atoms with Gasteiger partial charge in [-0.05, 0) is 63.7 Å². The number of phosphoric ester groups is 1. The molecular formula is C43H77O11P. The van der Waals surface area contributed by atoms with Gasteiger partial charge in [-0.1, -0.05) is 134 Å².